The van der Waals surface area contributed by atoms with E-state index in [0.717, 1.165) is 4.90 Å². The number of nitrogens with one attached hydrogen (secondary N) is 1. The van der Waals surface area contributed by atoms with Crippen LogP contribution < -0.4 is 5.32 Å². The number of likely N-dealkylation sites (tertiary alicyclic amines) is 1. The van der Waals surface area contributed by atoms with Crippen molar-refractivity contribution < 1.29 is 23.9 Å². The van der Waals surface area contributed by atoms with Crippen molar-refractivity contribution in [3.63, 3.8) is 0 Å². The zero-order valence-electron chi connectivity index (χ0n) is 16.1. The summed E-state index contributed by atoms with van der Waals surface area (Å²) in [5.41, 5.74) is 7.95. The number of ether oxygens (including phenoxy) is 2. The van der Waals surface area contributed by atoms with E-state index in [9.17, 15) is 14.4 Å². The van der Waals surface area contributed by atoms with E-state index < -0.39 is 41.8 Å². The average molecular weight is 369 g/mol. The number of nitrogens with zero attached hydrogens (tertiary/aromatic N) is 4. The lowest BCUT2D eigenvalue weighted by atomic mass is 10.0. The second-order valence-corrected chi connectivity index (χ2v) is 7.42. The number of carbonyl (C=O) groups is 3. The summed E-state index contributed by atoms with van der Waals surface area (Å²) in [6.45, 7) is 8.63. The highest BCUT2D eigenvalue weighted by Crippen LogP contribution is 2.28. The first kappa shape index (κ1) is 21.6. The van der Waals surface area contributed by atoms with Crippen molar-refractivity contribution in [2.75, 3.05) is 7.11 Å². The highest BCUT2D eigenvalue weighted by atomic mass is 16.6. The predicted octanol–water partition coefficient (Wildman–Crippen LogP) is 2.34. The van der Waals surface area contributed by atoms with E-state index in [4.69, 9.17) is 15.0 Å². The van der Waals surface area contributed by atoms with Crippen LogP contribution in [0.3, 0.4) is 0 Å². The van der Waals surface area contributed by atoms with Crippen LogP contribution in [-0.4, -0.2) is 53.8 Å². The molecule has 0 aromatic heterocycles. The number of azide groups is 1. The van der Waals surface area contributed by atoms with Crippen LogP contribution in [0.15, 0.2) is 5.11 Å². The summed E-state index contributed by atoms with van der Waals surface area (Å²) < 4.78 is 10.0. The Hall–Kier alpha value is -2.48. The number of hydrogen-bond donors (Lipinski definition) is 1. The zero-order chi connectivity index (χ0) is 20.1. The minimum atomic E-state index is -0.897. The quantitative estimate of drug-likeness (QED) is 0.343. The Labute approximate surface area is 152 Å². The van der Waals surface area contributed by atoms with Crippen LogP contribution in [0.25, 0.3) is 10.4 Å². The van der Waals surface area contributed by atoms with Crippen molar-refractivity contribution >= 4 is 18.0 Å². The van der Waals surface area contributed by atoms with Gasteiger partial charge in [-0.25, -0.2) is 9.59 Å². The molecule has 0 bridgehead atoms. The molecule has 1 N–H and O–H groups in total. The van der Waals surface area contributed by atoms with Gasteiger partial charge in [-0.15, -0.1) is 0 Å². The molecule has 1 saturated heterocycles. The maximum Gasteiger partial charge on any atom is 0.411 e. The largest absolute Gasteiger partial charge is 0.467 e. The molecule has 1 fully saturated rings. The van der Waals surface area contributed by atoms with Crippen LogP contribution in [0, 0.1) is 5.92 Å². The van der Waals surface area contributed by atoms with Crippen LogP contribution in [-0.2, 0) is 19.1 Å². The summed E-state index contributed by atoms with van der Waals surface area (Å²) >= 11 is 0. The molecular formula is C16H27N5O5. The summed E-state index contributed by atoms with van der Waals surface area (Å²) in [6, 6.07) is -1.74. The van der Waals surface area contributed by atoms with Crippen LogP contribution in [0.4, 0.5) is 4.79 Å². The first-order chi connectivity index (χ1) is 12.0. The Morgan fingerprint density at radius 2 is 1.88 bits per heavy atom. The van der Waals surface area contributed by atoms with Crippen molar-refractivity contribution in [3.05, 3.63) is 10.4 Å². The van der Waals surface area contributed by atoms with E-state index in [-0.39, 0.29) is 5.92 Å². The monoisotopic (exact) mass is 369 g/mol. The molecule has 0 aromatic carbocycles. The molecule has 0 aliphatic carbocycles. The Morgan fingerprint density at radius 3 is 2.35 bits per heavy atom. The maximum absolute atomic E-state index is 12.7. The number of rotatable bonds is 5. The lowest BCUT2D eigenvalue weighted by Gasteiger charge is -2.31. The molecule has 146 valence electrons. The topological polar surface area (TPSA) is 134 Å². The van der Waals surface area contributed by atoms with Gasteiger partial charge in [-0.2, -0.15) is 0 Å². The fraction of sp³-hybridized carbons (Fsp3) is 0.812. The molecule has 10 heteroatoms. The Kier molecular flexibility index (Phi) is 7.26. The van der Waals surface area contributed by atoms with Crippen molar-refractivity contribution in [2.45, 2.75) is 71.3 Å². The van der Waals surface area contributed by atoms with Gasteiger partial charge in [0.25, 0.3) is 0 Å². The summed E-state index contributed by atoms with van der Waals surface area (Å²) in [4.78, 5) is 41.0. The molecule has 0 aromatic rings. The van der Waals surface area contributed by atoms with Gasteiger partial charge in [0.05, 0.1) is 7.11 Å². The second kappa shape index (κ2) is 8.75. The van der Waals surface area contributed by atoms with Gasteiger partial charge in [-0.1, -0.05) is 19.0 Å². The van der Waals surface area contributed by atoms with Gasteiger partial charge in [-0.3, -0.25) is 9.69 Å². The van der Waals surface area contributed by atoms with E-state index in [1.165, 1.54) is 7.11 Å². The second-order valence-electron chi connectivity index (χ2n) is 7.42. The third-order valence-electron chi connectivity index (χ3n) is 3.87. The Morgan fingerprint density at radius 1 is 1.27 bits per heavy atom. The lowest BCUT2D eigenvalue weighted by molar-refractivity contribution is -0.147. The molecule has 0 radical (unpaired) electrons. The van der Waals surface area contributed by atoms with Crippen LogP contribution >= 0.6 is 0 Å². The van der Waals surface area contributed by atoms with E-state index >= 15 is 0 Å². The fourth-order valence-corrected chi connectivity index (χ4v) is 2.66. The maximum atomic E-state index is 12.7. The summed E-state index contributed by atoms with van der Waals surface area (Å²) in [6.07, 6.45) is -0.944. The van der Waals surface area contributed by atoms with E-state index in [2.05, 4.69) is 15.3 Å². The molecule has 26 heavy (non-hydrogen) atoms. The third-order valence-corrected chi connectivity index (χ3v) is 3.87. The van der Waals surface area contributed by atoms with E-state index in [1.54, 1.807) is 34.6 Å². The number of esters is 1. The fourth-order valence-electron chi connectivity index (χ4n) is 2.66. The molecular weight excluding hydrogens is 342 g/mol. The summed E-state index contributed by atoms with van der Waals surface area (Å²) in [7, 11) is 1.24. The highest BCUT2D eigenvalue weighted by molar-refractivity contribution is 5.90. The number of hydrogen-bond acceptors (Lipinski definition) is 6. The summed E-state index contributed by atoms with van der Waals surface area (Å²) in [5.74, 6) is -1.28. The first-order valence-corrected chi connectivity index (χ1v) is 8.45. The van der Waals surface area contributed by atoms with Crippen LogP contribution in [0.1, 0.15) is 47.5 Å². The zero-order valence-corrected chi connectivity index (χ0v) is 16.1. The third kappa shape index (κ3) is 5.52. The van der Waals surface area contributed by atoms with Crippen molar-refractivity contribution in [1.29, 1.82) is 0 Å². The van der Waals surface area contributed by atoms with Crippen LogP contribution in [0.5, 0.6) is 0 Å². The van der Waals surface area contributed by atoms with Gasteiger partial charge in [0.1, 0.15) is 23.9 Å². The molecule has 1 heterocycles. The molecule has 1 rings (SSSR count). The van der Waals surface area contributed by atoms with Crippen molar-refractivity contribution in [2.24, 2.45) is 11.0 Å². The molecule has 1 aliphatic heterocycles. The van der Waals surface area contributed by atoms with Gasteiger partial charge in [0.2, 0.25) is 5.91 Å². The molecule has 3 atom stereocenters. The number of carbonyl (C=O) groups excluding carboxylic acids is 3. The minimum Gasteiger partial charge on any atom is -0.467 e. The molecule has 2 amide bonds. The number of amides is 2. The Balaban J connectivity index is 3.03. The van der Waals surface area contributed by atoms with E-state index in [1.807, 2.05) is 0 Å². The van der Waals surface area contributed by atoms with Gasteiger partial charge in [0, 0.05) is 4.91 Å². The summed E-state index contributed by atoms with van der Waals surface area (Å²) in [5, 5.41) is 6.21. The minimum absolute atomic E-state index is 0.198. The van der Waals surface area contributed by atoms with Gasteiger partial charge >= 0.3 is 12.1 Å². The van der Waals surface area contributed by atoms with Crippen LogP contribution in [0.2, 0.25) is 0 Å². The van der Waals surface area contributed by atoms with Gasteiger partial charge < -0.3 is 14.8 Å². The first-order valence-electron chi connectivity index (χ1n) is 8.45. The molecule has 0 spiro atoms. The molecule has 10 nitrogen and oxygen atoms in total. The molecule has 1 aliphatic rings. The standard InChI is InChI=1S/C16H27N5O5/c1-9(2)12(14(23)25-6)18-13(22)10-7-8-11(19-20-17)21(10)15(24)26-16(3,4)5/h9-12H,7-8H2,1-6H3,(H,18,22)/t10-,11?,12-/m0/s1. The smallest absolute Gasteiger partial charge is 0.411 e. The Bertz CT molecular complexity index is 594. The molecule has 1 unspecified atom stereocenters. The van der Waals surface area contributed by atoms with Gasteiger partial charge in [-0.05, 0) is 45.1 Å². The average Bonchev–Trinajstić information content (AvgIpc) is 2.94. The molecule has 0 saturated carbocycles. The number of methoxy groups -OCH3 is 1. The highest BCUT2D eigenvalue weighted by Gasteiger charge is 2.43. The van der Waals surface area contributed by atoms with Crippen molar-refractivity contribution in [3.8, 4) is 0 Å². The normalized spacial score (nSPS) is 21.0. The van der Waals surface area contributed by atoms with E-state index in [0.29, 0.717) is 12.8 Å². The van der Waals surface area contributed by atoms with Crippen molar-refractivity contribution in [1.82, 2.24) is 10.2 Å². The van der Waals surface area contributed by atoms with Gasteiger partial charge in [0.15, 0.2) is 0 Å². The SMILES string of the molecule is COC(=O)[C@@H](NC(=O)[C@@H]1CCC(N=[N+]=[N-])N1C(=O)OC(C)(C)C)C(C)C. The lowest BCUT2D eigenvalue weighted by Crippen LogP contribution is -2.54. The predicted molar refractivity (Wildman–Crippen MR) is 92.8 cm³/mol.